The normalized spacial score (nSPS) is 13.4. The quantitative estimate of drug-likeness (QED) is 0.303. The maximum atomic E-state index is 14.5. The Kier molecular flexibility index (Phi) is 6.39. The van der Waals surface area contributed by atoms with Gasteiger partial charge in [-0.25, -0.2) is 14.4 Å². The van der Waals surface area contributed by atoms with E-state index in [0.717, 1.165) is 42.4 Å². The standard InChI is InChI=1S/C29H25FN6O2/c30-21-16-20(17-22(18-21)35-13-4-1-5-14-35)28(37)33-25-8-9-26(24-7-3-2-6-23(24)25)38-27-10-11-32-29(34-27)36-15-12-31-19-36/h2-3,6-12,15-19H,1,4-5,13-14H2,(H,33,37). The summed E-state index contributed by atoms with van der Waals surface area (Å²) in [4.78, 5) is 28.1. The topological polar surface area (TPSA) is 85.2 Å². The molecule has 0 aliphatic carbocycles. The molecule has 8 nitrogen and oxygen atoms in total. The SMILES string of the molecule is O=C(Nc1ccc(Oc2ccnc(-n3ccnc3)n2)c2ccccc12)c1cc(F)cc(N2CCCCC2)c1. The van der Waals surface area contributed by atoms with Crippen LogP contribution >= 0.6 is 0 Å². The first kappa shape index (κ1) is 23.6. The van der Waals surface area contributed by atoms with Crippen LogP contribution in [0.1, 0.15) is 29.6 Å². The molecule has 3 heterocycles. The van der Waals surface area contributed by atoms with Gasteiger partial charge in [0, 0.05) is 65.5 Å². The van der Waals surface area contributed by atoms with Crippen LogP contribution in [0.4, 0.5) is 15.8 Å². The molecule has 6 rings (SSSR count). The fourth-order valence-corrected chi connectivity index (χ4v) is 4.71. The van der Waals surface area contributed by atoms with Crippen molar-refractivity contribution >= 4 is 28.1 Å². The van der Waals surface area contributed by atoms with Crippen molar-refractivity contribution in [3.05, 3.63) is 97.0 Å². The number of aromatic nitrogens is 4. The van der Waals surface area contributed by atoms with Crippen LogP contribution in [0, 0.1) is 5.82 Å². The first-order valence-corrected chi connectivity index (χ1v) is 12.5. The van der Waals surface area contributed by atoms with Crippen molar-refractivity contribution < 1.29 is 13.9 Å². The highest BCUT2D eigenvalue weighted by Crippen LogP contribution is 2.34. The molecule has 1 aliphatic heterocycles. The molecule has 1 fully saturated rings. The summed E-state index contributed by atoms with van der Waals surface area (Å²) in [6, 6.07) is 17.4. The van der Waals surface area contributed by atoms with Crippen LogP contribution in [0.15, 0.2) is 85.6 Å². The molecular formula is C29H25FN6O2. The van der Waals surface area contributed by atoms with Gasteiger partial charge < -0.3 is 15.0 Å². The van der Waals surface area contributed by atoms with E-state index in [1.165, 1.54) is 18.6 Å². The number of rotatable bonds is 6. The second-order valence-corrected chi connectivity index (χ2v) is 9.12. The van der Waals surface area contributed by atoms with Gasteiger partial charge in [-0.3, -0.25) is 9.36 Å². The van der Waals surface area contributed by atoms with Crippen LogP contribution in [0.25, 0.3) is 16.7 Å². The number of anilines is 2. The molecule has 1 aliphatic rings. The number of benzene rings is 3. The van der Waals surface area contributed by atoms with Gasteiger partial charge in [-0.1, -0.05) is 24.3 Å². The number of nitrogens with zero attached hydrogens (tertiary/aromatic N) is 5. The highest BCUT2D eigenvalue weighted by atomic mass is 19.1. The molecular weight excluding hydrogens is 483 g/mol. The van der Waals surface area contributed by atoms with Crippen molar-refractivity contribution in [2.75, 3.05) is 23.3 Å². The third-order valence-electron chi connectivity index (χ3n) is 6.57. The highest BCUT2D eigenvalue weighted by molar-refractivity contribution is 6.10. The zero-order valence-electron chi connectivity index (χ0n) is 20.5. The minimum absolute atomic E-state index is 0.281. The van der Waals surface area contributed by atoms with Crippen molar-refractivity contribution in [1.29, 1.82) is 0 Å². The zero-order chi connectivity index (χ0) is 25.9. The maximum absolute atomic E-state index is 14.5. The van der Waals surface area contributed by atoms with Crippen LogP contribution in [0.3, 0.4) is 0 Å². The Labute approximate surface area is 218 Å². The average molecular weight is 509 g/mol. The number of halogens is 1. The van der Waals surface area contributed by atoms with Gasteiger partial charge in [0.25, 0.3) is 5.91 Å². The Bertz CT molecular complexity index is 1600. The Hall–Kier alpha value is -4.79. The van der Waals surface area contributed by atoms with Gasteiger partial charge in [-0.15, -0.1) is 0 Å². The fraction of sp³-hybridized carbons (Fsp3) is 0.172. The lowest BCUT2D eigenvalue weighted by Crippen LogP contribution is -2.29. The van der Waals surface area contributed by atoms with Gasteiger partial charge in [0.1, 0.15) is 17.9 Å². The largest absolute Gasteiger partial charge is 0.438 e. The Morgan fingerprint density at radius 1 is 0.947 bits per heavy atom. The highest BCUT2D eigenvalue weighted by Gasteiger charge is 2.17. The van der Waals surface area contributed by atoms with E-state index in [1.54, 1.807) is 53.8 Å². The lowest BCUT2D eigenvalue weighted by molar-refractivity contribution is 0.102. The van der Waals surface area contributed by atoms with Crippen molar-refractivity contribution in [2.24, 2.45) is 0 Å². The van der Waals surface area contributed by atoms with E-state index in [4.69, 9.17) is 4.74 Å². The number of hydrogen-bond acceptors (Lipinski definition) is 6. The van der Waals surface area contributed by atoms with Crippen LogP contribution in [0.2, 0.25) is 0 Å². The summed E-state index contributed by atoms with van der Waals surface area (Å²) in [6.45, 7) is 1.74. The summed E-state index contributed by atoms with van der Waals surface area (Å²) < 4.78 is 22.3. The Balaban J connectivity index is 1.27. The smallest absolute Gasteiger partial charge is 0.255 e. The summed E-state index contributed by atoms with van der Waals surface area (Å²) in [5.41, 5.74) is 1.62. The van der Waals surface area contributed by atoms with Crippen molar-refractivity contribution in [3.63, 3.8) is 0 Å². The minimum atomic E-state index is -0.424. The third-order valence-corrected chi connectivity index (χ3v) is 6.57. The van der Waals surface area contributed by atoms with Gasteiger partial charge in [-0.05, 0) is 49.6 Å². The molecule has 0 unspecified atom stereocenters. The zero-order valence-corrected chi connectivity index (χ0v) is 20.5. The fourth-order valence-electron chi connectivity index (χ4n) is 4.71. The number of hydrogen-bond donors (Lipinski definition) is 1. The Morgan fingerprint density at radius 3 is 2.61 bits per heavy atom. The molecule has 0 bridgehead atoms. The molecule has 1 amide bonds. The van der Waals surface area contributed by atoms with E-state index in [2.05, 4.69) is 25.2 Å². The summed E-state index contributed by atoms with van der Waals surface area (Å²) in [5, 5.41) is 4.54. The summed E-state index contributed by atoms with van der Waals surface area (Å²) in [5.74, 6) is 0.587. The lowest BCUT2D eigenvalue weighted by atomic mass is 10.1. The van der Waals surface area contributed by atoms with E-state index in [0.29, 0.717) is 23.3 Å². The molecule has 190 valence electrons. The van der Waals surface area contributed by atoms with Crippen molar-refractivity contribution in [2.45, 2.75) is 19.3 Å². The van der Waals surface area contributed by atoms with Gasteiger partial charge in [-0.2, -0.15) is 4.98 Å². The van der Waals surface area contributed by atoms with Gasteiger partial charge in [0.05, 0.1) is 0 Å². The summed E-state index contributed by atoms with van der Waals surface area (Å²) in [7, 11) is 0. The van der Waals surface area contributed by atoms with E-state index >= 15 is 0 Å². The second-order valence-electron chi connectivity index (χ2n) is 9.12. The van der Waals surface area contributed by atoms with E-state index < -0.39 is 5.82 Å². The van der Waals surface area contributed by atoms with Crippen LogP contribution < -0.4 is 15.0 Å². The molecule has 2 aromatic heterocycles. The van der Waals surface area contributed by atoms with Gasteiger partial charge in [0.2, 0.25) is 11.8 Å². The molecule has 0 radical (unpaired) electrons. The molecule has 3 aromatic carbocycles. The minimum Gasteiger partial charge on any atom is -0.438 e. The number of carbonyl (C=O) groups excluding carboxylic acids is 1. The number of nitrogens with one attached hydrogen (secondary N) is 1. The number of imidazole rings is 1. The number of ether oxygens (including phenoxy) is 1. The molecule has 9 heteroatoms. The first-order valence-electron chi connectivity index (χ1n) is 12.5. The molecule has 38 heavy (non-hydrogen) atoms. The first-order chi connectivity index (χ1) is 18.6. The van der Waals surface area contributed by atoms with Crippen molar-refractivity contribution in [1.82, 2.24) is 19.5 Å². The molecule has 0 saturated carbocycles. The predicted molar refractivity (Wildman–Crippen MR) is 144 cm³/mol. The summed E-state index contributed by atoms with van der Waals surface area (Å²) in [6.07, 6.45) is 9.94. The van der Waals surface area contributed by atoms with Gasteiger partial charge >= 0.3 is 0 Å². The van der Waals surface area contributed by atoms with Crippen LogP contribution in [-0.2, 0) is 0 Å². The number of carbonyl (C=O) groups is 1. The predicted octanol–water partition coefficient (Wildman–Crippen LogP) is 5.99. The monoisotopic (exact) mass is 508 g/mol. The lowest BCUT2D eigenvalue weighted by Gasteiger charge is -2.29. The number of amides is 1. The number of fused-ring (bicyclic) bond motifs is 1. The average Bonchev–Trinajstić information content (AvgIpc) is 3.50. The molecule has 0 spiro atoms. The van der Waals surface area contributed by atoms with Crippen LogP contribution in [-0.4, -0.2) is 38.5 Å². The Morgan fingerprint density at radius 2 is 1.79 bits per heavy atom. The second kappa shape index (κ2) is 10.3. The van der Waals surface area contributed by atoms with Crippen LogP contribution in [0.5, 0.6) is 11.6 Å². The maximum Gasteiger partial charge on any atom is 0.255 e. The summed E-state index contributed by atoms with van der Waals surface area (Å²) >= 11 is 0. The molecule has 1 saturated heterocycles. The molecule has 0 atom stereocenters. The third kappa shape index (κ3) is 4.90. The number of piperidine rings is 1. The molecule has 1 N–H and O–H groups in total. The van der Waals surface area contributed by atoms with Crippen molar-refractivity contribution in [3.8, 4) is 17.6 Å². The van der Waals surface area contributed by atoms with E-state index in [9.17, 15) is 9.18 Å². The molecule has 5 aromatic rings. The van der Waals surface area contributed by atoms with Gasteiger partial charge in [0.15, 0.2) is 0 Å². The van der Waals surface area contributed by atoms with E-state index in [1.807, 2.05) is 24.3 Å². The van der Waals surface area contributed by atoms with E-state index in [-0.39, 0.29) is 11.5 Å².